The highest BCUT2D eigenvalue weighted by molar-refractivity contribution is 7.91. The first-order valence-corrected chi connectivity index (χ1v) is 18.2. The molecule has 0 unspecified atom stereocenters. The first kappa shape index (κ1) is 36.0. The van der Waals surface area contributed by atoms with Crippen LogP contribution in [-0.2, 0) is 27.1 Å². The number of unbranched alkanes of at least 4 members (excludes halogenated alkanes) is 15. The highest BCUT2D eigenvalue weighted by Gasteiger charge is 2.26. The van der Waals surface area contributed by atoms with Crippen LogP contribution >= 0.6 is 0 Å². The van der Waals surface area contributed by atoms with Gasteiger partial charge in [0.2, 0.25) is 0 Å². The average Bonchev–Trinajstić information content (AvgIpc) is 2.83. The molecule has 1 rings (SSSR count). The molecule has 0 aliphatic carbocycles. The summed E-state index contributed by atoms with van der Waals surface area (Å²) in [5, 5.41) is 10.9. The second-order valence-electron chi connectivity index (χ2n) is 14.1. The van der Waals surface area contributed by atoms with E-state index >= 15 is 0 Å². The number of hydrogen-bond acceptors (Lipinski definition) is 3. The molecule has 0 heterocycles. The normalized spacial score (nSPS) is 12.8. The van der Waals surface area contributed by atoms with Gasteiger partial charge in [-0.25, -0.2) is 8.42 Å². The van der Waals surface area contributed by atoms with Gasteiger partial charge in [0.15, 0.2) is 0 Å². The standard InChI is InChI=1S/C35H64O3S/c1-8-9-10-11-12-13-14-15-16-17-18-19-20-21-22-23-26-39(37,38)27-24-25-30-28-31(34(2,3)4)33(36)32(29-30)35(5,6)7/h28-29,36H,8-27H2,1-7H3. The van der Waals surface area contributed by atoms with Gasteiger partial charge in [-0.1, -0.05) is 157 Å². The molecule has 1 N–H and O–H groups in total. The molecule has 0 bridgehead atoms. The Morgan fingerprint density at radius 3 is 1.26 bits per heavy atom. The lowest BCUT2D eigenvalue weighted by Crippen LogP contribution is -2.18. The average molecular weight is 565 g/mol. The molecule has 0 aromatic heterocycles. The number of rotatable bonds is 21. The van der Waals surface area contributed by atoms with Crippen molar-refractivity contribution in [1.82, 2.24) is 0 Å². The number of aryl methyl sites for hydroxylation is 1. The van der Waals surface area contributed by atoms with Gasteiger partial charge in [0, 0.05) is 0 Å². The van der Waals surface area contributed by atoms with Crippen molar-refractivity contribution < 1.29 is 13.5 Å². The Bertz CT molecular complexity index is 852. The molecule has 0 radical (unpaired) electrons. The lowest BCUT2D eigenvalue weighted by molar-refractivity contribution is 0.422. The zero-order valence-electron chi connectivity index (χ0n) is 27.0. The SMILES string of the molecule is CCCCCCCCCCCCCCCCCCS(=O)(=O)CCCc1cc(C(C)(C)C)c(O)c(C(C)(C)C)c1. The monoisotopic (exact) mass is 564 g/mol. The van der Waals surface area contributed by atoms with E-state index in [4.69, 9.17) is 0 Å². The van der Waals surface area contributed by atoms with Gasteiger partial charge in [-0.15, -0.1) is 0 Å². The molecule has 0 saturated heterocycles. The van der Waals surface area contributed by atoms with E-state index in [9.17, 15) is 13.5 Å². The molecule has 0 spiro atoms. The lowest BCUT2D eigenvalue weighted by atomic mass is 9.78. The minimum Gasteiger partial charge on any atom is -0.507 e. The Morgan fingerprint density at radius 1 is 0.564 bits per heavy atom. The molecule has 0 aliphatic rings. The van der Waals surface area contributed by atoms with E-state index in [1.54, 1.807) is 0 Å². The van der Waals surface area contributed by atoms with Crippen LogP contribution in [-0.4, -0.2) is 25.0 Å². The maximum atomic E-state index is 12.6. The molecule has 1 aromatic carbocycles. The number of sulfone groups is 1. The summed E-state index contributed by atoms with van der Waals surface area (Å²) in [4.78, 5) is 0. The fourth-order valence-corrected chi connectivity index (χ4v) is 6.88. The summed E-state index contributed by atoms with van der Waals surface area (Å²) < 4.78 is 25.3. The van der Waals surface area contributed by atoms with E-state index in [-0.39, 0.29) is 16.6 Å². The molecule has 4 heteroatoms. The summed E-state index contributed by atoms with van der Waals surface area (Å²) in [5.41, 5.74) is 2.68. The zero-order chi connectivity index (χ0) is 29.4. The molecular weight excluding hydrogens is 500 g/mol. The van der Waals surface area contributed by atoms with Crippen LogP contribution in [0.25, 0.3) is 0 Å². The highest BCUT2D eigenvalue weighted by Crippen LogP contribution is 2.40. The van der Waals surface area contributed by atoms with E-state index in [0.717, 1.165) is 42.4 Å². The fourth-order valence-electron chi connectivity index (χ4n) is 5.45. The molecule has 1 aromatic rings. The third-order valence-corrected chi connectivity index (χ3v) is 9.84. The van der Waals surface area contributed by atoms with E-state index in [1.165, 1.54) is 83.5 Å². The summed E-state index contributed by atoms with van der Waals surface area (Å²) >= 11 is 0. The molecule has 0 amide bonds. The topological polar surface area (TPSA) is 54.4 Å². The Morgan fingerprint density at radius 2 is 0.897 bits per heavy atom. The third kappa shape index (κ3) is 16.1. The summed E-state index contributed by atoms with van der Waals surface area (Å²) in [7, 11) is -3.01. The first-order chi connectivity index (χ1) is 18.3. The van der Waals surface area contributed by atoms with Gasteiger partial charge in [0.05, 0.1) is 11.5 Å². The van der Waals surface area contributed by atoms with Gasteiger partial charge in [-0.05, 0) is 46.8 Å². The van der Waals surface area contributed by atoms with Crippen molar-refractivity contribution in [3.8, 4) is 5.75 Å². The maximum absolute atomic E-state index is 12.6. The van der Waals surface area contributed by atoms with Crippen LogP contribution in [0.5, 0.6) is 5.75 Å². The molecular formula is C35H64O3S. The smallest absolute Gasteiger partial charge is 0.150 e. The van der Waals surface area contributed by atoms with Crippen molar-refractivity contribution in [2.24, 2.45) is 0 Å². The van der Waals surface area contributed by atoms with Crippen LogP contribution in [0.4, 0.5) is 0 Å². The van der Waals surface area contributed by atoms with E-state index < -0.39 is 9.84 Å². The molecule has 39 heavy (non-hydrogen) atoms. The minimum absolute atomic E-state index is 0.167. The number of benzene rings is 1. The predicted octanol–water partition coefficient (Wildman–Crippen LogP) is 10.6. The predicted molar refractivity (Wildman–Crippen MR) is 172 cm³/mol. The maximum Gasteiger partial charge on any atom is 0.150 e. The fraction of sp³-hybridized carbons (Fsp3) is 0.829. The van der Waals surface area contributed by atoms with Crippen LogP contribution < -0.4 is 0 Å². The summed E-state index contributed by atoms with van der Waals surface area (Å²) in [6.07, 6.45) is 22.2. The van der Waals surface area contributed by atoms with Crippen molar-refractivity contribution in [1.29, 1.82) is 0 Å². The van der Waals surface area contributed by atoms with Gasteiger partial charge in [0.1, 0.15) is 15.6 Å². The van der Waals surface area contributed by atoms with Gasteiger partial charge in [-0.2, -0.15) is 0 Å². The zero-order valence-corrected chi connectivity index (χ0v) is 27.8. The molecule has 3 nitrogen and oxygen atoms in total. The Labute approximate surface area is 243 Å². The van der Waals surface area contributed by atoms with E-state index in [0.29, 0.717) is 17.9 Å². The van der Waals surface area contributed by atoms with Crippen molar-refractivity contribution in [3.05, 3.63) is 28.8 Å². The lowest BCUT2D eigenvalue weighted by Gasteiger charge is -2.28. The van der Waals surface area contributed by atoms with Crippen LogP contribution in [0.15, 0.2) is 12.1 Å². The second-order valence-corrected chi connectivity index (χ2v) is 16.4. The van der Waals surface area contributed by atoms with Crippen molar-refractivity contribution >= 4 is 9.84 Å². The van der Waals surface area contributed by atoms with Crippen molar-refractivity contribution in [2.45, 2.75) is 175 Å². The minimum atomic E-state index is -3.01. The van der Waals surface area contributed by atoms with Crippen molar-refractivity contribution in [2.75, 3.05) is 11.5 Å². The Hall–Kier alpha value is -1.03. The van der Waals surface area contributed by atoms with Crippen LogP contribution in [0.1, 0.15) is 174 Å². The van der Waals surface area contributed by atoms with Crippen LogP contribution in [0.2, 0.25) is 0 Å². The van der Waals surface area contributed by atoms with Crippen LogP contribution in [0, 0.1) is 0 Å². The van der Waals surface area contributed by atoms with Crippen molar-refractivity contribution in [3.63, 3.8) is 0 Å². The number of aromatic hydroxyl groups is 1. The summed E-state index contributed by atoms with van der Waals surface area (Å²) in [6, 6.07) is 4.15. The molecule has 228 valence electrons. The second kappa shape index (κ2) is 18.4. The van der Waals surface area contributed by atoms with Gasteiger partial charge < -0.3 is 5.11 Å². The van der Waals surface area contributed by atoms with Gasteiger partial charge in [-0.3, -0.25) is 0 Å². The molecule has 0 atom stereocenters. The van der Waals surface area contributed by atoms with E-state index in [2.05, 4.69) is 60.6 Å². The largest absolute Gasteiger partial charge is 0.507 e. The van der Waals surface area contributed by atoms with Crippen LogP contribution in [0.3, 0.4) is 0 Å². The Kier molecular flexibility index (Phi) is 17.0. The first-order valence-electron chi connectivity index (χ1n) is 16.3. The van der Waals surface area contributed by atoms with E-state index in [1.807, 2.05) is 0 Å². The number of phenols is 1. The third-order valence-electron chi connectivity index (χ3n) is 8.02. The molecule has 0 fully saturated rings. The summed E-state index contributed by atoms with van der Waals surface area (Å²) in [6.45, 7) is 14.9. The van der Waals surface area contributed by atoms with Gasteiger partial charge >= 0.3 is 0 Å². The Balaban J connectivity index is 2.22. The molecule has 0 saturated carbocycles. The number of phenolic OH excluding ortho intramolecular Hbond substituents is 1. The summed E-state index contributed by atoms with van der Waals surface area (Å²) in [5.74, 6) is 0.957. The number of hydrogen-bond donors (Lipinski definition) is 1. The molecule has 0 aliphatic heterocycles. The highest BCUT2D eigenvalue weighted by atomic mass is 32.2. The van der Waals surface area contributed by atoms with Gasteiger partial charge in [0.25, 0.3) is 0 Å². The quantitative estimate of drug-likeness (QED) is 0.151.